The molecule has 0 aliphatic rings. The molecule has 5 heteroatoms. The van der Waals surface area contributed by atoms with E-state index in [1.165, 1.54) is 0 Å². The van der Waals surface area contributed by atoms with E-state index in [2.05, 4.69) is 27.8 Å². The van der Waals surface area contributed by atoms with E-state index in [0.717, 1.165) is 5.56 Å². The van der Waals surface area contributed by atoms with Gasteiger partial charge in [0.2, 0.25) is 5.78 Å². The number of ketones is 1. The maximum atomic E-state index is 12.7. The first-order chi connectivity index (χ1) is 12.3. The van der Waals surface area contributed by atoms with Crippen molar-refractivity contribution in [3.63, 3.8) is 0 Å². The molecule has 130 valence electrons. The van der Waals surface area contributed by atoms with Gasteiger partial charge in [0.15, 0.2) is 5.84 Å². The largest absolute Gasteiger partial charge is 0.300 e. The van der Waals surface area contributed by atoms with E-state index in [-0.39, 0.29) is 11.6 Å². The topological polar surface area (TPSA) is 77.3 Å². The van der Waals surface area contributed by atoms with Crippen molar-refractivity contribution >= 4 is 23.0 Å². The van der Waals surface area contributed by atoms with E-state index in [4.69, 9.17) is 11.7 Å². The lowest BCUT2D eigenvalue weighted by atomic mass is 9.90. The molecule has 0 heterocycles. The summed E-state index contributed by atoms with van der Waals surface area (Å²) in [5.41, 5.74) is 7.86. The van der Waals surface area contributed by atoms with Crippen LogP contribution in [0.2, 0.25) is 0 Å². The van der Waals surface area contributed by atoms with Crippen LogP contribution in [0.3, 0.4) is 0 Å². The summed E-state index contributed by atoms with van der Waals surface area (Å²) in [7, 11) is 0. The number of rotatable bonds is 4. The number of hydrogen-bond donors (Lipinski definition) is 2. The van der Waals surface area contributed by atoms with Crippen LogP contribution in [0, 0.1) is 29.1 Å². The van der Waals surface area contributed by atoms with E-state index in [9.17, 15) is 4.79 Å². The number of nitriles is 1. The van der Waals surface area contributed by atoms with Crippen molar-refractivity contribution in [3.05, 3.63) is 59.7 Å². The van der Waals surface area contributed by atoms with Crippen molar-refractivity contribution in [1.82, 2.24) is 5.43 Å². The minimum Gasteiger partial charge on any atom is -0.300 e. The third kappa shape index (κ3) is 4.96. The summed E-state index contributed by atoms with van der Waals surface area (Å²) in [4.78, 5) is 17.1. The second kappa shape index (κ2) is 8.00. The molecule has 26 heavy (non-hydrogen) atoms. The zero-order valence-electron chi connectivity index (χ0n) is 15.0. The molecule has 0 aliphatic carbocycles. The van der Waals surface area contributed by atoms with Crippen LogP contribution in [0.4, 0.5) is 11.4 Å². The van der Waals surface area contributed by atoms with Crippen LogP contribution in [-0.4, -0.2) is 11.6 Å². The van der Waals surface area contributed by atoms with Crippen LogP contribution >= 0.6 is 0 Å². The predicted molar refractivity (Wildman–Crippen MR) is 104 cm³/mol. The first kappa shape index (κ1) is 18.8. The Morgan fingerprint density at radius 2 is 1.62 bits per heavy atom. The monoisotopic (exact) mass is 344 g/mol. The van der Waals surface area contributed by atoms with Gasteiger partial charge >= 0.3 is 0 Å². The molecule has 2 N–H and O–H groups in total. The Morgan fingerprint density at radius 1 is 1.04 bits per heavy atom. The summed E-state index contributed by atoms with van der Waals surface area (Å²) in [6.45, 7) is 5.49. The van der Waals surface area contributed by atoms with Gasteiger partial charge in [0, 0.05) is 11.0 Å². The Hall–Kier alpha value is -3.57. The van der Waals surface area contributed by atoms with Gasteiger partial charge in [0.1, 0.15) is 0 Å². The number of nitrogens with one attached hydrogen (secondary N) is 2. The van der Waals surface area contributed by atoms with Gasteiger partial charge in [-0.05, 0) is 48.5 Å². The van der Waals surface area contributed by atoms with E-state index in [1.54, 1.807) is 48.5 Å². The van der Waals surface area contributed by atoms with Gasteiger partial charge in [-0.15, -0.1) is 6.42 Å². The highest BCUT2D eigenvalue weighted by atomic mass is 16.1. The van der Waals surface area contributed by atoms with Crippen molar-refractivity contribution in [2.45, 2.75) is 20.8 Å². The standard InChI is InChI=1S/C21H20N4O/c1-5-15-6-10-17(11-7-15)23-20(19(26)21(2,3)4)25-24-18-12-8-16(14-22)9-13-18/h1,6-13,24H,2-4H3,(H,23,25). The molecule has 0 radical (unpaired) electrons. The fourth-order valence-electron chi connectivity index (χ4n) is 2.01. The van der Waals surface area contributed by atoms with Crippen LogP contribution < -0.4 is 10.9 Å². The molecule has 0 aromatic heterocycles. The quantitative estimate of drug-likeness (QED) is 0.383. The molecule has 0 saturated carbocycles. The average Bonchev–Trinajstić information content (AvgIpc) is 2.64. The number of amidine groups is 1. The normalized spacial score (nSPS) is 11.2. The van der Waals surface area contributed by atoms with E-state index in [0.29, 0.717) is 16.9 Å². The zero-order chi connectivity index (χ0) is 19.2. The third-order valence-electron chi connectivity index (χ3n) is 3.51. The molecule has 2 aromatic rings. The second-order valence-corrected chi connectivity index (χ2v) is 6.67. The van der Waals surface area contributed by atoms with E-state index in [1.807, 2.05) is 20.8 Å². The maximum absolute atomic E-state index is 12.7. The van der Waals surface area contributed by atoms with Crippen molar-refractivity contribution in [1.29, 1.82) is 5.26 Å². The number of benzene rings is 2. The molecule has 5 nitrogen and oxygen atoms in total. The number of nitrogens with zero attached hydrogens (tertiary/aromatic N) is 2. The van der Waals surface area contributed by atoms with Crippen molar-refractivity contribution < 1.29 is 4.79 Å². The molecule has 0 bridgehead atoms. The summed E-state index contributed by atoms with van der Waals surface area (Å²) >= 11 is 0. The van der Waals surface area contributed by atoms with Gasteiger partial charge in [-0.3, -0.25) is 15.6 Å². The van der Waals surface area contributed by atoms with Gasteiger partial charge < -0.3 is 0 Å². The molecule has 0 amide bonds. The highest BCUT2D eigenvalue weighted by Crippen LogP contribution is 2.18. The summed E-state index contributed by atoms with van der Waals surface area (Å²) in [5, 5.41) is 8.85. The number of hydrazine groups is 1. The Kier molecular flexibility index (Phi) is 5.78. The number of anilines is 1. The lowest BCUT2D eigenvalue weighted by molar-refractivity contribution is -0.119. The number of carbonyl (C=O) groups is 1. The smallest absolute Gasteiger partial charge is 0.204 e. The fourth-order valence-corrected chi connectivity index (χ4v) is 2.01. The number of carbonyl (C=O) groups excluding carboxylic acids is 1. The number of aliphatic imine (C=N–C) groups is 1. The molecule has 2 aromatic carbocycles. The van der Waals surface area contributed by atoms with Gasteiger partial charge in [-0.25, -0.2) is 4.99 Å². The van der Waals surface area contributed by atoms with Crippen LogP contribution in [0.25, 0.3) is 0 Å². The van der Waals surface area contributed by atoms with Gasteiger partial charge in [-0.2, -0.15) is 5.26 Å². The van der Waals surface area contributed by atoms with E-state index < -0.39 is 5.41 Å². The molecule has 0 aliphatic heterocycles. The highest BCUT2D eigenvalue weighted by molar-refractivity contribution is 6.41. The van der Waals surface area contributed by atoms with Gasteiger partial charge in [0.25, 0.3) is 0 Å². The highest BCUT2D eigenvalue weighted by Gasteiger charge is 2.26. The van der Waals surface area contributed by atoms with Crippen molar-refractivity contribution in [2.24, 2.45) is 10.4 Å². The average molecular weight is 344 g/mol. The molecule has 0 unspecified atom stereocenters. The molecular formula is C21H20N4O. The number of terminal acetylenes is 1. The van der Waals surface area contributed by atoms with Gasteiger partial charge in [-0.1, -0.05) is 26.7 Å². The molecular weight excluding hydrogens is 324 g/mol. The fraction of sp³-hybridized carbons (Fsp3) is 0.190. The number of hydrogen-bond acceptors (Lipinski definition) is 4. The van der Waals surface area contributed by atoms with Gasteiger partial charge in [0.05, 0.1) is 23.0 Å². The Morgan fingerprint density at radius 3 is 2.12 bits per heavy atom. The van der Waals surface area contributed by atoms with E-state index >= 15 is 0 Å². The summed E-state index contributed by atoms with van der Waals surface area (Å²) in [6, 6.07) is 16.0. The minimum absolute atomic E-state index is 0.139. The van der Waals surface area contributed by atoms with Crippen LogP contribution in [0.1, 0.15) is 31.9 Å². The first-order valence-corrected chi connectivity index (χ1v) is 8.06. The first-order valence-electron chi connectivity index (χ1n) is 8.06. The molecule has 0 spiro atoms. The summed E-state index contributed by atoms with van der Waals surface area (Å²) in [6.07, 6.45) is 5.36. The lowest BCUT2D eigenvalue weighted by Gasteiger charge is -2.19. The molecule has 0 saturated heterocycles. The molecule has 2 rings (SSSR count). The Labute approximate surface area is 153 Å². The molecule has 0 atom stereocenters. The van der Waals surface area contributed by atoms with Crippen LogP contribution in [0.5, 0.6) is 0 Å². The maximum Gasteiger partial charge on any atom is 0.204 e. The summed E-state index contributed by atoms with van der Waals surface area (Å²) in [5.74, 6) is 2.60. The zero-order valence-corrected chi connectivity index (χ0v) is 15.0. The Bertz CT molecular complexity index is 890. The Balaban J connectivity index is 2.25. The predicted octanol–water partition coefficient (Wildman–Crippen LogP) is 3.80. The van der Waals surface area contributed by atoms with Crippen LogP contribution in [-0.2, 0) is 4.79 Å². The van der Waals surface area contributed by atoms with Crippen LogP contribution in [0.15, 0.2) is 53.5 Å². The minimum atomic E-state index is -0.600. The number of Topliss-reactive ketones (excluding diaryl/α,β-unsaturated/α-hetero) is 1. The molecule has 0 fully saturated rings. The second-order valence-electron chi connectivity index (χ2n) is 6.67. The third-order valence-corrected chi connectivity index (χ3v) is 3.51. The lowest BCUT2D eigenvalue weighted by Crippen LogP contribution is -2.41. The SMILES string of the molecule is C#Cc1ccc(N=C(NNc2ccc(C#N)cc2)C(=O)C(C)(C)C)cc1. The van der Waals surface area contributed by atoms with Crippen molar-refractivity contribution in [2.75, 3.05) is 5.43 Å². The van der Waals surface area contributed by atoms with Crippen molar-refractivity contribution in [3.8, 4) is 18.4 Å². The summed E-state index contributed by atoms with van der Waals surface area (Å²) < 4.78 is 0.